The van der Waals surface area contributed by atoms with Gasteiger partial charge in [0.25, 0.3) is 0 Å². The first kappa shape index (κ1) is 17.6. The average molecular weight is 325 g/mol. The summed E-state index contributed by atoms with van der Waals surface area (Å²) in [6, 6.07) is 11.9. The van der Waals surface area contributed by atoms with Crippen molar-refractivity contribution in [3.8, 4) is 11.5 Å². The second-order valence-electron chi connectivity index (χ2n) is 5.45. The molecule has 2 rings (SSSR count). The van der Waals surface area contributed by atoms with Crippen LogP contribution >= 0.6 is 0 Å². The van der Waals surface area contributed by atoms with Crippen molar-refractivity contribution in [2.75, 3.05) is 6.61 Å². The van der Waals surface area contributed by atoms with Crippen LogP contribution in [-0.4, -0.2) is 18.0 Å². The molecule has 0 fully saturated rings. The molecule has 0 amide bonds. The molecular weight excluding hydrogens is 302 g/mol. The van der Waals surface area contributed by atoms with E-state index in [9.17, 15) is 0 Å². The first-order chi connectivity index (χ1) is 11.7. The fourth-order valence-electron chi connectivity index (χ4n) is 2.40. The lowest BCUT2D eigenvalue weighted by Crippen LogP contribution is -2.04. The molecule has 0 saturated carbocycles. The van der Waals surface area contributed by atoms with Crippen LogP contribution in [0.1, 0.15) is 29.2 Å². The molecule has 4 heteroatoms. The third kappa shape index (κ3) is 4.62. The van der Waals surface area contributed by atoms with Gasteiger partial charge in [0.2, 0.25) is 0 Å². The van der Waals surface area contributed by atoms with Crippen molar-refractivity contribution in [3.63, 3.8) is 0 Å². The Bertz CT molecular complexity index is 706. The first-order valence-corrected chi connectivity index (χ1v) is 7.94. The van der Waals surface area contributed by atoms with Gasteiger partial charge in [-0.25, -0.2) is 0 Å². The maximum absolute atomic E-state index is 8.78. The first-order valence-electron chi connectivity index (χ1n) is 7.94. The van der Waals surface area contributed by atoms with Crippen molar-refractivity contribution >= 4 is 6.21 Å². The molecule has 0 radical (unpaired) electrons. The minimum absolute atomic E-state index is 0.456. The summed E-state index contributed by atoms with van der Waals surface area (Å²) in [5.41, 5.74) is 4.00. The quantitative estimate of drug-likeness (QED) is 0.336. The van der Waals surface area contributed by atoms with Crippen molar-refractivity contribution in [3.05, 3.63) is 71.3 Å². The number of allylic oxidation sites excluding steroid dienone is 1. The van der Waals surface area contributed by atoms with Crippen LogP contribution in [0, 0.1) is 6.92 Å². The lowest BCUT2D eigenvalue weighted by atomic mass is 10.1. The zero-order chi connectivity index (χ0) is 17.4. The summed E-state index contributed by atoms with van der Waals surface area (Å²) in [6.45, 7) is 8.75. The lowest BCUT2D eigenvalue weighted by molar-refractivity contribution is 0.267. The fraction of sp³-hybridized carbons (Fsp3) is 0.250. The summed E-state index contributed by atoms with van der Waals surface area (Å²) in [7, 11) is 0. The summed E-state index contributed by atoms with van der Waals surface area (Å²) in [5.74, 6) is 1.34. The molecule has 0 aliphatic rings. The summed E-state index contributed by atoms with van der Waals surface area (Å²) in [5, 5.41) is 11.9. The summed E-state index contributed by atoms with van der Waals surface area (Å²) >= 11 is 0. The van der Waals surface area contributed by atoms with E-state index >= 15 is 0 Å². The van der Waals surface area contributed by atoms with Crippen LogP contribution in [-0.2, 0) is 13.0 Å². The Balaban J connectivity index is 2.33. The van der Waals surface area contributed by atoms with E-state index in [1.165, 1.54) is 11.8 Å². The van der Waals surface area contributed by atoms with Crippen LogP contribution in [0.3, 0.4) is 0 Å². The molecular formula is C20H23NO3. The highest BCUT2D eigenvalue weighted by Gasteiger charge is 2.13. The smallest absolute Gasteiger partial charge is 0.165 e. The minimum Gasteiger partial charge on any atom is -0.490 e. The van der Waals surface area contributed by atoms with E-state index < -0.39 is 0 Å². The Labute approximate surface area is 143 Å². The van der Waals surface area contributed by atoms with E-state index in [0.717, 1.165) is 16.7 Å². The van der Waals surface area contributed by atoms with E-state index in [4.69, 9.17) is 14.7 Å². The standard InChI is InChI=1S/C20H23NO3/c1-4-6-18-11-17(13-21-22)12-19(23-5-2)20(18)24-14-16-9-7-15(3)8-10-16/h4,7-13,22H,1,5-6,14H2,2-3H3/b21-13-. The predicted molar refractivity (Wildman–Crippen MR) is 96.4 cm³/mol. The zero-order valence-corrected chi connectivity index (χ0v) is 14.2. The van der Waals surface area contributed by atoms with Gasteiger partial charge in [-0.1, -0.05) is 41.1 Å². The topological polar surface area (TPSA) is 51.1 Å². The van der Waals surface area contributed by atoms with Gasteiger partial charge in [-0.2, -0.15) is 0 Å². The molecule has 24 heavy (non-hydrogen) atoms. The Kier molecular flexibility index (Phi) is 6.43. The molecule has 0 spiro atoms. The van der Waals surface area contributed by atoms with Gasteiger partial charge >= 0.3 is 0 Å². The highest BCUT2D eigenvalue weighted by Crippen LogP contribution is 2.34. The molecule has 2 aromatic carbocycles. The summed E-state index contributed by atoms with van der Waals surface area (Å²) in [6.07, 6.45) is 3.82. The molecule has 0 unspecified atom stereocenters. The Morgan fingerprint density at radius 1 is 1.17 bits per heavy atom. The predicted octanol–water partition coefficient (Wildman–Crippen LogP) is 4.51. The second kappa shape index (κ2) is 8.77. The number of rotatable bonds is 8. The van der Waals surface area contributed by atoms with Crippen molar-refractivity contribution in [1.29, 1.82) is 0 Å². The summed E-state index contributed by atoms with van der Waals surface area (Å²) in [4.78, 5) is 0. The molecule has 126 valence electrons. The van der Waals surface area contributed by atoms with Gasteiger partial charge in [0, 0.05) is 11.1 Å². The van der Waals surface area contributed by atoms with E-state index in [1.54, 1.807) is 6.07 Å². The monoisotopic (exact) mass is 325 g/mol. The van der Waals surface area contributed by atoms with E-state index in [1.807, 2.05) is 19.1 Å². The highest BCUT2D eigenvalue weighted by atomic mass is 16.5. The van der Waals surface area contributed by atoms with Gasteiger partial charge in [0.05, 0.1) is 12.8 Å². The SMILES string of the molecule is C=CCc1cc(/C=N\O)cc(OCC)c1OCc1ccc(C)cc1. The molecule has 0 bridgehead atoms. The maximum Gasteiger partial charge on any atom is 0.165 e. The van der Waals surface area contributed by atoms with Gasteiger partial charge in [0.1, 0.15) is 6.61 Å². The number of benzene rings is 2. The van der Waals surface area contributed by atoms with Crippen LogP contribution in [0.25, 0.3) is 0 Å². The minimum atomic E-state index is 0.456. The van der Waals surface area contributed by atoms with Gasteiger partial charge in [-0.3, -0.25) is 0 Å². The largest absolute Gasteiger partial charge is 0.490 e. The van der Waals surface area contributed by atoms with Crippen LogP contribution in [0.15, 0.2) is 54.2 Å². The Morgan fingerprint density at radius 2 is 1.92 bits per heavy atom. The molecule has 0 aliphatic carbocycles. The van der Waals surface area contributed by atoms with Gasteiger partial charge < -0.3 is 14.7 Å². The number of ether oxygens (including phenoxy) is 2. The number of oxime groups is 1. The number of aryl methyl sites for hydroxylation is 1. The van der Waals surface area contributed by atoms with E-state index in [-0.39, 0.29) is 0 Å². The normalized spacial score (nSPS) is 10.8. The van der Waals surface area contributed by atoms with Crippen molar-refractivity contribution in [1.82, 2.24) is 0 Å². The van der Waals surface area contributed by atoms with Gasteiger partial charge in [-0.15, -0.1) is 6.58 Å². The molecule has 4 nitrogen and oxygen atoms in total. The molecule has 0 saturated heterocycles. The molecule has 1 N–H and O–H groups in total. The van der Waals surface area contributed by atoms with Gasteiger partial charge in [0.15, 0.2) is 11.5 Å². The number of hydrogen-bond acceptors (Lipinski definition) is 4. The maximum atomic E-state index is 8.78. The molecule has 0 aliphatic heterocycles. The molecule has 0 atom stereocenters. The Hall–Kier alpha value is -2.75. The lowest BCUT2D eigenvalue weighted by Gasteiger charge is -2.16. The highest BCUT2D eigenvalue weighted by molar-refractivity contribution is 5.81. The van der Waals surface area contributed by atoms with Crippen molar-refractivity contribution < 1.29 is 14.7 Å². The average Bonchev–Trinajstić information content (AvgIpc) is 2.56. The zero-order valence-electron chi connectivity index (χ0n) is 14.2. The number of nitrogens with zero attached hydrogens (tertiary/aromatic N) is 1. The van der Waals surface area contributed by atoms with Crippen LogP contribution < -0.4 is 9.47 Å². The van der Waals surface area contributed by atoms with Crippen LogP contribution in [0.2, 0.25) is 0 Å². The molecule has 2 aromatic rings. The molecule has 0 heterocycles. The second-order valence-corrected chi connectivity index (χ2v) is 5.45. The number of hydrogen-bond donors (Lipinski definition) is 1. The molecule has 0 aromatic heterocycles. The van der Waals surface area contributed by atoms with E-state index in [0.29, 0.717) is 31.1 Å². The van der Waals surface area contributed by atoms with Crippen LogP contribution in [0.4, 0.5) is 0 Å². The van der Waals surface area contributed by atoms with E-state index in [2.05, 4.69) is 42.9 Å². The Morgan fingerprint density at radius 3 is 2.54 bits per heavy atom. The third-order valence-corrected chi connectivity index (χ3v) is 3.53. The third-order valence-electron chi connectivity index (χ3n) is 3.53. The van der Waals surface area contributed by atoms with Crippen molar-refractivity contribution in [2.24, 2.45) is 5.16 Å². The van der Waals surface area contributed by atoms with Crippen LogP contribution in [0.5, 0.6) is 11.5 Å². The summed E-state index contributed by atoms with van der Waals surface area (Å²) < 4.78 is 11.8. The fourth-order valence-corrected chi connectivity index (χ4v) is 2.40. The van der Waals surface area contributed by atoms with Gasteiger partial charge in [-0.05, 0) is 38.0 Å². The van der Waals surface area contributed by atoms with Crippen molar-refractivity contribution in [2.45, 2.75) is 26.9 Å².